The van der Waals surface area contributed by atoms with Crippen molar-refractivity contribution in [1.29, 1.82) is 5.26 Å². The number of benzene rings is 3. The molecule has 0 spiro atoms. The van der Waals surface area contributed by atoms with Gasteiger partial charge in [-0.25, -0.2) is 9.78 Å². The van der Waals surface area contributed by atoms with Crippen molar-refractivity contribution in [3.8, 4) is 46.4 Å². The second-order valence-electron chi connectivity index (χ2n) is 7.92. The maximum atomic E-state index is 12.5. The lowest BCUT2D eigenvalue weighted by Gasteiger charge is -2.12. The molecule has 0 radical (unpaired) electrons. The van der Waals surface area contributed by atoms with Gasteiger partial charge in [-0.1, -0.05) is 42.2 Å². The van der Waals surface area contributed by atoms with Gasteiger partial charge in [0.2, 0.25) is 0 Å². The van der Waals surface area contributed by atoms with Crippen LogP contribution in [0, 0.1) is 23.2 Å². The van der Waals surface area contributed by atoms with Crippen molar-refractivity contribution in [3.63, 3.8) is 0 Å². The normalized spacial score (nSPS) is 10.1. The Hall–Kier alpha value is -5.53. The van der Waals surface area contributed by atoms with Crippen LogP contribution in [0.15, 0.2) is 102 Å². The Morgan fingerprint density at radius 1 is 0.811 bits per heavy atom. The Labute approximate surface area is 213 Å². The maximum Gasteiger partial charge on any atom is 0.348 e. The van der Waals surface area contributed by atoms with E-state index in [0.717, 1.165) is 16.8 Å². The fourth-order valence-electron chi connectivity index (χ4n) is 3.62. The van der Waals surface area contributed by atoms with Crippen molar-refractivity contribution in [2.24, 2.45) is 0 Å². The number of aromatic nitrogens is 4. The summed E-state index contributed by atoms with van der Waals surface area (Å²) in [6.45, 7) is 0.191. The summed E-state index contributed by atoms with van der Waals surface area (Å²) >= 11 is 0. The standard InChI is InChI=1S/C30H19N5O2/c31-19-24-9-6-11-26(37-20-25-10-4-5-18-32-25)27(24)29-33-28(34-30(36)35-29)23-16-14-22(15-17-23)13-12-21-7-2-1-3-8-21/h1-11,14-18H,20H2,(H,33,34,35,36). The first kappa shape index (κ1) is 23.2. The SMILES string of the molecule is N#Cc1cccc(OCc2ccccn2)c1-c1nc(-c2ccc(C#Cc3ccccc3)cc2)nc(=O)[nH]1. The summed E-state index contributed by atoms with van der Waals surface area (Å²) in [5.74, 6) is 7.06. The van der Waals surface area contributed by atoms with Crippen LogP contribution in [-0.4, -0.2) is 19.9 Å². The first-order valence-corrected chi connectivity index (χ1v) is 11.4. The summed E-state index contributed by atoms with van der Waals surface area (Å²) in [5.41, 5.74) is 3.21. The molecular formula is C30H19N5O2. The average molecular weight is 482 g/mol. The van der Waals surface area contributed by atoms with E-state index in [9.17, 15) is 10.1 Å². The number of H-pyrrole nitrogens is 1. The molecule has 37 heavy (non-hydrogen) atoms. The number of hydrogen-bond acceptors (Lipinski definition) is 6. The van der Waals surface area contributed by atoms with Crippen molar-refractivity contribution in [3.05, 3.63) is 130 Å². The molecule has 3 aromatic carbocycles. The number of aromatic amines is 1. The number of nitriles is 1. The third-order valence-corrected chi connectivity index (χ3v) is 5.40. The first-order chi connectivity index (χ1) is 18.2. The summed E-state index contributed by atoms with van der Waals surface area (Å²) in [6, 6.07) is 29.8. The minimum atomic E-state index is -0.587. The molecule has 5 aromatic rings. The monoisotopic (exact) mass is 481 g/mol. The summed E-state index contributed by atoms with van der Waals surface area (Å²) in [5, 5.41) is 9.74. The van der Waals surface area contributed by atoms with Gasteiger partial charge < -0.3 is 4.74 Å². The van der Waals surface area contributed by atoms with Crippen LogP contribution in [0.3, 0.4) is 0 Å². The van der Waals surface area contributed by atoms with E-state index in [1.807, 2.05) is 72.8 Å². The van der Waals surface area contributed by atoms with Gasteiger partial charge in [0.15, 0.2) is 5.82 Å². The second kappa shape index (κ2) is 10.8. The van der Waals surface area contributed by atoms with Crippen LogP contribution < -0.4 is 10.4 Å². The van der Waals surface area contributed by atoms with Gasteiger partial charge in [-0.05, 0) is 60.7 Å². The molecule has 0 aliphatic rings. The molecule has 0 bridgehead atoms. The number of ether oxygens (including phenoxy) is 1. The van der Waals surface area contributed by atoms with Crippen molar-refractivity contribution >= 4 is 0 Å². The smallest absolute Gasteiger partial charge is 0.348 e. The third-order valence-electron chi connectivity index (χ3n) is 5.40. The molecule has 7 heteroatoms. The molecule has 2 aromatic heterocycles. The van der Waals surface area contributed by atoms with Crippen LogP contribution in [0.5, 0.6) is 5.75 Å². The van der Waals surface area contributed by atoms with E-state index in [0.29, 0.717) is 22.4 Å². The van der Waals surface area contributed by atoms with Crippen LogP contribution in [0.25, 0.3) is 22.8 Å². The number of nitrogens with zero attached hydrogens (tertiary/aromatic N) is 4. The van der Waals surface area contributed by atoms with Gasteiger partial charge in [0.1, 0.15) is 24.3 Å². The van der Waals surface area contributed by atoms with Gasteiger partial charge in [0.05, 0.1) is 16.8 Å². The summed E-state index contributed by atoms with van der Waals surface area (Å²) in [4.78, 5) is 28.0. The zero-order valence-corrected chi connectivity index (χ0v) is 19.6. The van der Waals surface area contributed by atoms with Crippen LogP contribution in [0.2, 0.25) is 0 Å². The van der Waals surface area contributed by atoms with E-state index in [1.54, 1.807) is 24.4 Å². The second-order valence-corrected chi connectivity index (χ2v) is 7.92. The van der Waals surface area contributed by atoms with Gasteiger partial charge in [0.25, 0.3) is 0 Å². The predicted molar refractivity (Wildman–Crippen MR) is 139 cm³/mol. The highest BCUT2D eigenvalue weighted by atomic mass is 16.5. The molecule has 0 saturated heterocycles. The van der Waals surface area contributed by atoms with Gasteiger partial charge in [-0.2, -0.15) is 10.2 Å². The van der Waals surface area contributed by atoms with E-state index in [2.05, 4.69) is 37.8 Å². The van der Waals surface area contributed by atoms with Gasteiger partial charge in [0, 0.05) is 22.9 Å². The highest BCUT2D eigenvalue weighted by Gasteiger charge is 2.17. The largest absolute Gasteiger partial charge is 0.486 e. The lowest BCUT2D eigenvalue weighted by molar-refractivity contribution is 0.302. The first-order valence-electron chi connectivity index (χ1n) is 11.4. The third kappa shape index (κ3) is 5.59. The lowest BCUT2D eigenvalue weighted by atomic mass is 10.1. The summed E-state index contributed by atoms with van der Waals surface area (Å²) < 4.78 is 5.97. The van der Waals surface area contributed by atoms with Crippen LogP contribution in [-0.2, 0) is 6.61 Å². The molecule has 0 amide bonds. The van der Waals surface area contributed by atoms with Crippen molar-refractivity contribution in [2.75, 3.05) is 0 Å². The highest BCUT2D eigenvalue weighted by Crippen LogP contribution is 2.32. The summed E-state index contributed by atoms with van der Waals surface area (Å²) in [6.07, 6.45) is 1.68. The highest BCUT2D eigenvalue weighted by molar-refractivity contribution is 5.73. The van der Waals surface area contributed by atoms with E-state index in [1.165, 1.54) is 0 Å². The Kier molecular flexibility index (Phi) is 6.79. The topological polar surface area (TPSA) is 105 Å². The van der Waals surface area contributed by atoms with Crippen LogP contribution in [0.1, 0.15) is 22.4 Å². The molecule has 7 nitrogen and oxygen atoms in total. The number of hydrogen-bond donors (Lipinski definition) is 1. The fraction of sp³-hybridized carbons (Fsp3) is 0.0333. The Morgan fingerprint density at radius 2 is 1.57 bits per heavy atom. The van der Waals surface area contributed by atoms with E-state index in [-0.39, 0.29) is 18.3 Å². The molecule has 176 valence electrons. The molecule has 2 heterocycles. The number of pyridine rings is 1. The summed E-state index contributed by atoms with van der Waals surface area (Å²) in [7, 11) is 0. The molecular weight excluding hydrogens is 462 g/mol. The van der Waals surface area contributed by atoms with Gasteiger partial charge >= 0.3 is 5.69 Å². The number of rotatable bonds is 5. The number of nitrogens with one attached hydrogen (secondary N) is 1. The van der Waals surface area contributed by atoms with Crippen molar-refractivity contribution < 1.29 is 4.74 Å². The Bertz CT molecular complexity index is 1700. The molecule has 0 aliphatic heterocycles. The Morgan fingerprint density at radius 3 is 2.30 bits per heavy atom. The van der Waals surface area contributed by atoms with Crippen LogP contribution >= 0.6 is 0 Å². The molecule has 0 atom stereocenters. The van der Waals surface area contributed by atoms with Crippen molar-refractivity contribution in [1.82, 2.24) is 19.9 Å². The molecule has 0 saturated carbocycles. The molecule has 0 aliphatic carbocycles. The van der Waals surface area contributed by atoms with E-state index in [4.69, 9.17) is 4.74 Å². The fourth-order valence-corrected chi connectivity index (χ4v) is 3.62. The minimum Gasteiger partial charge on any atom is -0.486 e. The molecule has 0 fully saturated rings. The minimum absolute atomic E-state index is 0.191. The molecule has 5 rings (SSSR count). The van der Waals surface area contributed by atoms with E-state index < -0.39 is 5.69 Å². The molecule has 0 unspecified atom stereocenters. The maximum absolute atomic E-state index is 12.5. The van der Waals surface area contributed by atoms with Crippen LogP contribution in [0.4, 0.5) is 0 Å². The Balaban J connectivity index is 1.47. The van der Waals surface area contributed by atoms with Crippen molar-refractivity contribution in [2.45, 2.75) is 6.61 Å². The quantitative estimate of drug-likeness (QED) is 0.364. The zero-order chi connectivity index (χ0) is 25.5. The lowest BCUT2D eigenvalue weighted by Crippen LogP contribution is -2.15. The van der Waals surface area contributed by atoms with Gasteiger partial charge in [-0.3, -0.25) is 9.97 Å². The average Bonchev–Trinajstić information content (AvgIpc) is 2.95. The van der Waals surface area contributed by atoms with Gasteiger partial charge in [-0.15, -0.1) is 0 Å². The zero-order valence-electron chi connectivity index (χ0n) is 19.6. The molecule has 1 N–H and O–H groups in total. The van der Waals surface area contributed by atoms with E-state index >= 15 is 0 Å². The predicted octanol–water partition coefficient (Wildman–Crippen LogP) is 4.74.